The molecule has 0 atom stereocenters. The van der Waals surface area contributed by atoms with Crippen molar-refractivity contribution in [2.75, 3.05) is 26.1 Å². The number of nitrogens with zero attached hydrogens (tertiary/aromatic N) is 2. The maximum atomic E-state index is 11.3. The minimum absolute atomic E-state index is 0.0507. The number of benzene rings is 1. The summed E-state index contributed by atoms with van der Waals surface area (Å²) in [6.07, 6.45) is 0. The van der Waals surface area contributed by atoms with Crippen molar-refractivity contribution in [3.05, 3.63) is 32.8 Å². The zero-order valence-electron chi connectivity index (χ0n) is 9.56. The first-order valence-corrected chi connectivity index (χ1v) is 4.99. The fourth-order valence-corrected chi connectivity index (χ4v) is 1.79. The number of methoxy groups -OCH3 is 1. The molecule has 0 N–H and O–H groups in total. The molecule has 0 radical (unpaired) electrons. The van der Waals surface area contributed by atoms with Crippen molar-refractivity contribution in [2.45, 2.75) is 0 Å². The van der Waals surface area contributed by atoms with Gasteiger partial charge < -0.3 is 9.64 Å². The maximum Gasteiger partial charge on any atom is 0.338 e. The monoisotopic (exact) mass is 258 g/mol. The number of anilines is 1. The summed E-state index contributed by atoms with van der Waals surface area (Å²) in [5.74, 6) is -0.666. The van der Waals surface area contributed by atoms with Gasteiger partial charge in [-0.1, -0.05) is 11.6 Å². The average molecular weight is 259 g/mol. The van der Waals surface area contributed by atoms with E-state index in [-0.39, 0.29) is 22.0 Å². The number of rotatable bonds is 3. The van der Waals surface area contributed by atoms with Crippen molar-refractivity contribution in [1.29, 1.82) is 0 Å². The number of esters is 1. The Morgan fingerprint density at radius 3 is 2.47 bits per heavy atom. The highest BCUT2D eigenvalue weighted by atomic mass is 35.5. The first-order chi connectivity index (χ1) is 7.88. The molecular weight excluding hydrogens is 248 g/mol. The van der Waals surface area contributed by atoms with Crippen LogP contribution in [0.15, 0.2) is 12.1 Å². The summed E-state index contributed by atoms with van der Waals surface area (Å²) in [4.78, 5) is 23.1. The Kier molecular flexibility index (Phi) is 3.90. The van der Waals surface area contributed by atoms with E-state index in [4.69, 9.17) is 11.6 Å². The molecule has 0 saturated heterocycles. The molecule has 0 aliphatic carbocycles. The zero-order valence-corrected chi connectivity index (χ0v) is 10.3. The fourth-order valence-electron chi connectivity index (χ4n) is 1.40. The van der Waals surface area contributed by atoms with Gasteiger partial charge in [-0.15, -0.1) is 0 Å². The van der Waals surface area contributed by atoms with Gasteiger partial charge in [0.2, 0.25) is 0 Å². The van der Waals surface area contributed by atoms with Gasteiger partial charge in [0.05, 0.1) is 22.6 Å². The van der Waals surface area contributed by atoms with Gasteiger partial charge in [-0.05, 0) is 6.07 Å². The lowest BCUT2D eigenvalue weighted by molar-refractivity contribution is -0.384. The average Bonchev–Trinajstić information content (AvgIpc) is 2.26. The number of nitro benzene ring substituents is 1. The van der Waals surface area contributed by atoms with Crippen LogP contribution in [-0.2, 0) is 4.74 Å². The molecule has 6 nitrogen and oxygen atoms in total. The van der Waals surface area contributed by atoms with Crippen molar-refractivity contribution in [1.82, 2.24) is 0 Å². The van der Waals surface area contributed by atoms with E-state index < -0.39 is 10.9 Å². The van der Waals surface area contributed by atoms with Crippen LogP contribution >= 0.6 is 11.6 Å². The van der Waals surface area contributed by atoms with Gasteiger partial charge in [0.25, 0.3) is 5.69 Å². The predicted octanol–water partition coefficient (Wildman–Crippen LogP) is 2.10. The van der Waals surface area contributed by atoms with Gasteiger partial charge in [-0.3, -0.25) is 10.1 Å². The molecule has 0 aliphatic rings. The van der Waals surface area contributed by atoms with Crippen molar-refractivity contribution in [3.63, 3.8) is 0 Å². The molecule has 1 rings (SSSR count). The topological polar surface area (TPSA) is 72.7 Å². The third-order valence-electron chi connectivity index (χ3n) is 2.11. The number of hydrogen-bond donors (Lipinski definition) is 0. The van der Waals surface area contributed by atoms with E-state index in [2.05, 4.69) is 4.74 Å². The molecule has 0 amide bonds. The number of ether oxygens (including phenoxy) is 1. The number of carbonyl (C=O) groups is 1. The Hall–Kier alpha value is -1.82. The van der Waals surface area contributed by atoms with Crippen LogP contribution in [0.5, 0.6) is 0 Å². The molecule has 92 valence electrons. The van der Waals surface area contributed by atoms with Gasteiger partial charge in [-0.2, -0.15) is 0 Å². The van der Waals surface area contributed by atoms with Crippen LogP contribution in [0.3, 0.4) is 0 Å². The number of hydrogen-bond acceptors (Lipinski definition) is 5. The van der Waals surface area contributed by atoms with Crippen molar-refractivity contribution < 1.29 is 14.5 Å². The number of carbonyl (C=O) groups excluding carboxylic acids is 1. The normalized spacial score (nSPS) is 9.88. The highest BCUT2D eigenvalue weighted by molar-refractivity contribution is 6.34. The summed E-state index contributed by atoms with van der Waals surface area (Å²) in [6, 6.07) is 2.49. The van der Waals surface area contributed by atoms with E-state index in [9.17, 15) is 14.9 Å². The van der Waals surface area contributed by atoms with E-state index >= 15 is 0 Å². The Balaban J connectivity index is 3.46. The summed E-state index contributed by atoms with van der Waals surface area (Å²) >= 11 is 5.92. The second-order valence-corrected chi connectivity index (χ2v) is 3.88. The molecule has 0 unspecified atom stereocenters. The number of halogens is 1. The SMILES string of the molecule is COC(=O)c1cc(Cl)c(N(C)C)c([N+](=O)[O-])c1. The third kappa shape index (κ3) is 2.65. The maximum absolute atomic E-state index is 11.3. The molecule has 17 heavy (non-hydrogen) atoms. The molecule has 0 bridgehead atoms. The molecule has 1 aromatic carbocycles. The van der Waals surface area contributed by atoms with E-state index in [1.165, 1.54) is 18.1 Å². The van der Waals surface area contributed by atoms with Crippen LogP contribution in [-0.4, -0.2) is 32.1 Å². The first kappa shape index (κ1) is 13.2. The summed E-state index contributed by atoms with van der Waals surface area (Å²) in [5, 5.41) is 11.0. The molecule has 0 spiro atoms. The first-order valence-electron chi connectivity index (χ1n) is 4.62. The molecule has 0 heterocycles. The van der Waals surface area contributed by atoms with Gasteiger partial charge in [0.1, 0.15) is 5.69 Å². The van der Waals surface area contributed by atoms with Crippen LogP contribution in [0.25, 0.3) is 0 Å². The standard InChI is InChI=1S/C10H11ClN2O4/c1-12(2)9-7(11)4-6(10(14)17-3)5-8(9)13(15)16/h4-5H,1-3H3. The molecule has 0 saturated carbocycles. The van der Waals surface area contributed by atoms with Crippen LogP contribution < -0.4 is 4.90 Å². The fraction of sp³-hybridized carbons (Fsp3) is 0.300. The smallest absolute Gasteiger partial charge is 0.338 e. The molecular formula is C10H11ClN2O4. The molecule has 0 aliphatic heterocycles. The van der Waals surface area contributed by atoms with Gasteiger partial charge in [-0.25, -0.2) is 4.79 Å². The largest absolute Gasteiger partial charge is 0.465 e. The molecule has 7 heteroatoms. The van der Waals surface area contributed by atoms with Crippen LogP contribution in [0.2, 0.25) is 5.02 Å². The second-order valence-electron chi connectivity index (χ2n) is 3.47. The Bertz CT molecular complexity index is 474. The second kappa shape index (κ2) is 5.01. The van der Waals surface area contributed by atoms with Crippen molar-refractivity contribution >= 4 is 28.9 Å². The minimum Gasteiger partial charge on any atom is -0.465 e. The predicted molar refractivity (Wildman–Crippen MR) is 63.8 cm³/mol. The molecule has 0 fully saturated rings. The van der Waals surface area contributed by atoms with Gasteiger partial charge >= 0.3 is 5.97 Å². The van der Waals surface area contributed by atoms with Crippen LogP contribution in [0.4, 0.5) is 11.4 Å². The van der Waals surface area contributed by atoms with Crippen LogP contribution in [0.1, 0.15) is 10.4 Å². The summed E-state index contributed by atoms with van der Waals surface area (Å²) < 4.78 is 4.49. The molecule has 0 aromatic heterocycles. The van der Waals surface area contributed by atoms with E-state index in [1.807, 2.05) is 0 Å². The van der Waals surface area contributed by atoms with Gasteiger partial charge in [0.15, 0.2) is 0 Å². The summed E-state index contributed by atoms with van der Waals surface area (Å²) in [5.41, 5.74) is 0.0713. The molecule has 1 aromatic rings. The quantitative estimate of drug-likeness (QED) is 0.472. The lowest BCUT2D eigenvalue weighted by Gasteiger charge is -2.15. The minimum atomic E-state index is -0.666. The van der Waals surface area contributed by atoms with E-state index in [0.717, 1.165) is 6.07 Å². The summed E-state index contributed by atoms with van der Waals surface area (Å²) in [7, 11) is 4.46. The number of nitro groups is 1. The van der Waals surface area contributed by atoms with Crippen molar-refractivity contribution in [2.24, 2.45) is 0 Å². The third-order valence-corrected chi connectivity index (χ3v) is 2.40. The highest BCUT2D eigenvalue weighted by Crippen LogP contribution is 2.35. The van der Waals surface area contributed by atoms with Crippen molar-refractivity contribution in [3.8, 4) is 0 Å². The van der Waals surface area contributed by atoms with E-state index in [0.29, 0.717) is 0 Å². The Morgan fingerprint density at radius 1 is 1.47 bits per heavy atom. The lowest BCUT2D eigenvalue weighted by Crippen LogP contribution is -2.13. The Labute approximate surface area is 103 Å². The summed E-state index contributed by atoms with van der Waals surface area (Å²) in [6.45, 7) is 0. The Morgan fingerprint density at radius 2 is 2.06 bits per heavy atom. The zero-order chi connectivity index (χ0) is 13.2. The highest BCUT2D eigenvalue weighted by Gasteiger charge is 2.23. The van der Waals surface area contributed by atoms with Crippen LogP contribution in [0, 0.1) is 10.1 Å². The van der Waals surface area contributed by atoms with Gasteiger partial charge in [0, 0.05) is 20.2 Å². The van der Waals surface area contributed by atoms with E-state index in [1.54, 1.807) is 14.1 Å². The lowest BCUT2D eigenvalue weighted by atomic mass is 10.1.